The Morgan fingerprint density at radius 1 is 1.24 bits per heavy atom. The molecule has 0 unspecified atom stereocenters. The fraction of sp³-hybridized carbons (Fsp3) is 0.231. The Hall–Kier alpha value is -2.10. The molecule has 86 valence electrons. The quantitative estimate of drug-likeness (QED) is 0.639. The van der Waals surface area contributed by atoms with Crippen LogP contribution in [0.3, 0.4) is 0 Å². The fourth-order valence-electron chi connectivity index (χ4n) is 2.19. The molecule has 0 spiro atoms. The average molecular weight is 227 g/mol. The highest BCUT2D eigenvalue weighted by molar-refractivity contribution is 6.03. The van der Waals surface area contributed by atoms with Gasteiger partial charge in [0.25, 0.3) is 5.56 Å². The molecule has 0 amide bonds. The Kier molecular flexibility index (Phi) is 1.90. The lowest BCUT2D eigenvalue weighted by molar-refractivity contribution is 0.751. The summed E-state index contributed by atoms with van der Waals surface area (Å²) in [5.74, 6) is 0. The lowest BCUT2D eigenvalue weighted by atomic mass is 10.0. The number of aryl methyl sites for hydroxylation is 3. The van der Waals surface area contributed by atoms with E-state index in [1.165, 1.54) is 10.2 Å². The molecule has 2 heterocycles. The molecule has 1 N–H and O–H groups in total. The Balaban J connectivity index is 2.62. The molecule has 0 fully saturated rings. The molecule has 3 aromatic rings. The summed E-state index contributed by atoms with van der Waals surface area (Å²) in [5, 5.41) is 4.73. The second kappa shape index (κ2) is 3.20. The number of nitrogens with one attached hydrogen (secondary N) is 1. The van der Waals surface area contributed by atoms with E-state index in [9.17, 15) is 4.79 Å². The predicted molar refractivity (Wildman–Crippen MR) is 68.3 cm³/mol. The number of pyridine rings is 1. The molecule has 4 nitrogen and oxygen atoms in total. The van der Waals surface area contributed by atoms with Gasteiger partial charge in [-0.25, -0.2) is 0 Å². The van der Waals surface area contributed by atoms with Crippen LogP contribution >= 0.6 is 0 Å². The van der Waals surface area contributed by atoms with Crippen molar-refractivity contribution in [3.05, 3.63) is 39.8 Å². The molecule has 0 aliphatic carbocycles. The number of benzene rings is 1. The zero-order valence-electron chi connectivity index (χ0n) is 10.0. The van der Waals surface area contributed by atoms with Crippen LogP contribution in [0, 0.1) is 13.8 Å². The molecule has 3 rings (SSSR count). The maximum Gasteiger partial charge on any atom is 0.275 e. The van der Waals surface area contributed by atoms with E-state index in [4.69, 9.17) is 0 Å². The molecule has 1 aromatic carbocycles. The Morgan fingerprint density at radius 3 is 2.76 bits per heavy atom. The summed E-state index contributed by atoms with van der Waals surface area (Å²) in [6.45, 7) is 4.12. The van der Waals surface area contributed by atoms with Crippen LogP contribution in [0.1, 0.15) is 11.1 Å². The lowest BCUT2D eigenvalue weighted by Crippen LogP contribution is -2.11. The number of H-pyrrole nitrogens is 1. The van der Waals surface area contributed by atoms with Gasteiger partial charge in [-0.2, -0.15) is 0 Å². The molecule has 0 atom stereocenters. The van der Waals surface area contributed by atoms with Crippen LogP contribution in [0.25, 0.3) is 21.8 Å². The average Bonchev–Trinajstić information content (AvgIpc) is 2.61. The van der Waals surface area contributed by atoms with Crippen LogP contribution in [-0.4, -0.2) is 14.8 Å². The van der Waals surface area contributed by atoms with E-state index in [0.29, 0.717) is 5.39 Å². The van der Waals surface area contributed by atoms with Gasteiger partial charge < -0.3 is 0 Å². The minimum absolute atomic E-state index is 0.0346. The number of hydrogen-bond donors (Lipinski definition) is 1. The fourth-order valence-corrected chi connectivity index (χ4v) is 2.19. The molecule has 0 saturated carbocycles. The first-order valence-corrected chi connectivity index (χ1v) is 5.53. The van der Waals surface area contributed by atoms with Crippen LogP contribution in [0.2, 0.25) is 0 Å². The molecule has 4 heteroatoms. The van der Waals surface area contributed by atoms with E-state index < -0.39 is 0 Å². The van der Waals surface area contributed by atoms with E-state index in [1.54, 1.807) is 13.2 Å². The van der Waals surface area contributed by atoms with Gasteiger partial charge in [0.2, 0.25) is 0 Å². The van der Waals surface area contributed by atoms with Crippen LogP contribution in [0.4, 0.5) is 0 Å². The van der Waals surface area contributed by atoms with E-state index in [-0.39, 0.29) is 5.56 Å². The summed E-state index contributed by atoms with van der Waals surface area (Å²) in [6.07, 6.45) is 1.66. The molecule has 0 saturated heterocycles. The van der Waals surface area contributed by atoms with Crippen molar-refractivity contribution >= 4 is 21.8 Å². The molecule has 2 aromatic heterocycles. The maximum atomic E-state index is 11.8. The minimum atomic E-state index is -0.0346. The number of aromatic nitrogens is 3. The van der Waals surface area contributed by atoms with Gasteiger partial charge in [0, 0.05) is 18.6 Å². The second-order valence-electron chi connectivity index (χ2n) is 4.43. The zero-order valence-corrected chi connectivity index (χ0v) is 10.0. The summed E-state index contributed by atoms with van der Waals surface area (Å²) in [7, 11) is 1.72. The summed E-state index contributed by atoms with van der Waals surface area (Å²) >= 11 is 0. The SMILES string of the molecule is Cc1ccc2c(ncc3c(=O)n(C)[nH]c32)c1C. The number of hydrogen-bond acceptors (Lipinski definition) is 2. The van der Waals surface area contributed by atoms with Gasteiger partial charge in [0.05, 0.1) is 16.4 Å². The summed E-state index contributed by atoms with van der Waals surface area (Å²) < 4.78 is 1.49. The third kappa shape index (κ3) is 1.24. The van der Waals surface area contributed by atoms with Crippen LogP contribution < -0.4 is 5.56 Å². The number of nitrogens with zero attached hydrogens (tertiary/aromatic N) is 2. The van der Waals surface area contributed by atoms with Crippen molar-refractivity contribution in [2.75, 3.05) is 0 Å². The Labute approximate surface area is 97.9 Å². The smallest absolute Gasteiger partial charge is 0.275 e. The van der Waals surface area contributed by atoms with Gasteiger partial charge in [-0.15, -0.1) is 0 Å². The zero-order chi connectivity index (χ0) is 12.2. The first-order valence-electron chi connectivity index (χ1n) is 5.53. The highest BCUT2D eigenvalue weighted by atomic mass is 16.1. The van der Waals surface area contributed by atoms with Crippen molar-refractivity contribution in [3.8, 4) is 0 Å². The highest BCUT2D eigenvalue weighted by Gasteiger charge is 2.10. The monoisotopic (exact) mass is 227 g/mol. The van der Waals surface area contributed by atoms with E-state index >= 15 is 0 Å². The van der Waals surface area contributed by atoms with Crippen molar-refractivity contribution in [2.24, 2.45) is 7.05 Å². The third-order valence-electron chi connectivity index (χ3n) is 3.38. The van der Waals surface area contributed by atoms with Crippen molar-refractivity contribution in [3.63, 3.8) is 0 Å². The van der Waals surface area contributed by atoms with Gasteiger partial charge in [-0.05, 0) is 25.0 Å². The van der Waals surface area contributed by atoms with Crippen LogP contribution in [0.15, 0.2) is 23.1 Å². The largest absolute Gasteiger partial charge is 0.294 e. The highest BCUT2D eigenvalue weighted by Crippen LogP contribution is 2.24. The van der Waals surface area contributed by atoms with Gasteiger partial charge in [0.1, 0.15) is 0 Å². The Bertz CT molecular complexity index is 796. The van der Waals surface area contributed by atoms with Gasteiger partial charge in [-0.3, -0.25) is 19.6 Å². The van der Waals surface area contributed by atoms with E-state index in [2.05, 4.69) is 30.0 Å². The first-order chi connectivity index (χ1) is 8.09. The standard InChI is InChI=1S/C13H13N3O/c1-7-4-5-9-11(8(7)2)14-6-10-12(9)15-16(3)13(10)17/h4-6,15H,1-3H3. The predicted octanol–water partition coefficient (Wildman–Crippen LogP) is 2.03. The third-order valence-corrected chi connectivity index (χ3v) is 3.38. The summed E-state index contributed by atoms with van der Waals surface area (Å²) in [4.78, 5) is 16.2. The summed E-state index contributed by atoms with van der Waals surface area (Å²) in [6, 6.07) is 4.08. The van der Waals surface area contributed by atoms with Crippen molar-refractivity contribution in [2.45, 2.75) is 13.8 Å². The van der Waals surface area contributed by atoms with Crippen LogP contribution in [-0.2, 0) is 7.05 Å². The Morgan fingerprint density at radius 2 is 2.00 bits per heavy atom. The summed E-state index contributed by atoms with van der Waals surface area (Å²) in [5.41, 5.74) is 4.16. The van der Waals surface area contributed by atoms with Crippen molar-refractivity contribution < 1.29 is 0 Å². The lowest BCUT2D eigenvalue weighted by Gasteiger charge is -2.04. The molecule has 0 aliphatic rings. The van der Waals surface area contributed by atoms with Crippen molar-refractivity contribution in [1.82, 2.24) is 14.8 Å². The molecule has 0 bridgehead atoms. The van der Waals surface area contributed by atoms with E-state index in [1.807, 2.05) is 6.07 Å². The molecule has 0 aliphatic heterocycles. The van der Waals surface area contributed by atoms with Gasteiger partial charge in [-0.1, -0.05) is 12.1 Å². The molecule has 0 radical (unpaired) electrons. The van der Waals surface area contributed by atoms with Gasteiger partial charge >= 0.3 is 0 Å². The second-order valence-corrected chi connectivity index (χ2v) is 4.43. The van der Waals surface area contributed by atoms with Crippen LogP contribution in [0.5, 0.6) is 0 Å². The molecular formula is C13H13N3O. The topological polar surface area (TPSA) is 50.7 Å². The first kappa shape index (κ1) is 10.1. The number of fused-ring (bicyclic) bond motifs is 3. The molecular weight excluding hydrogens is 214 g/mol. The molecule has 17 heavy (non-hydrogen) atoms. The maximum absolute atomic E-state index is 11.8. The van der Waals surface area contributed by atoms with Gasteiger partial charge in [0.15, 0.2) is 0 Å². The number of aromatic amines is 1. The minimum Gasteiger partial charge on any atom is -0.294 e. The van der Waals surface area contributed by atoms with E-state index in [0.717, 1.165) is 22.0 Å². The van der Waals surface area contributed by atoms with Crippen molar-refractivity contribution in [1.29, 1.82) is 0 Å². The normalized spacial score (nSPS) is 11.5. The number of rotatable bonds is 0.